The van der Waals surface area contributed by atoms with E-state index in [0.29, 0.717) is 51.5 Å². The van der Waals surface area contributed by atoms with Crippen molar-refractivity contribution in [3.05, 3.63) is 70.6 Å². The van der Waals surface area contributed by atoms with Crippen molar-refractivity contribution in [2.75, 3.05) is 16.4 Å². The van der Waals surface area contributed by atoms with Crippen LogP contribution >= 0.6 is 11.3 Å². The van der Waals surface area contributed by atoms with Crippen LogP contribution in [0, 0.1) is 12.3 Å². The van der Waals surface area contributed by atoms with Gasteiger partial charge in [0.25, 0.3) is 5.91 Å². The second-order valence-electron chi connectivity index (χ2n) is 7.22. The first-order valence-electron chi connectivity index (χ1n) is 10.1. The van der Waals surface area contributed by atoms with Crippen molar-refractivity contribution in [3.8, 4) is 0 Å². The van der Waals surface area contributed by atoms with Crippen molar-refractivity contribution in [3.63, 3.8) is 0 Å². The standard InChI is InChI=1S/C23H23N7OS/c1-3-16(24)19-17(26-10-14-7-4-6-13(2)29-14)8-5-9-18(19)30-23(31)15-11-32-21-20(15)27-12-28-22(21)25/h4-9,11-12,24,26H,3,10H2,1-2H3,(H,30,31)(H2,25,27,28). The average Bonchev–Trinajstić information content (AvgIpc) is 3.23. The number of fused-ring (bicyclic) bond motifs is 1. The quantitative estimate of drug-likeness (QED) is 0.307. The van der Waals surface area contributed by atoms with E-state index in [0.717, 1.165) is 17.1 Å². The van der Waals surface area contributed by atoms with Crippen LogP contribution in [0.1, 0.15) is 40.7 Å². The highest BCUT2D eigenvalue weighted by Crippen LogP contribution is 2.30. The molecule has 3 aromatic heterocycles. The maximum atomic E-state index is 13.1. The number of pyridine rings is 1. The van der Waals surface area contributed by atoms with Gasteiger partial charge in [0, 0.05) is 28.0 Å². The molecular weight excluding hydrogens is 422 g/mol. The maximum absolute atomic E-state index is 13.1. The summed E-state index contributed by atoms with van der Waals surface area (Å²) in [5.41, 5.74) is 11.1. The topological polar surface area (TPSA) is 130 Å². The molecule has 0 bridgehead atoms. The first-order chi connectivity index (χ1) is 15.5. The van der Waals surface area contributed by atoms with Gasteiger partial charge in [-0.25, -0.2) is 9.97 Å². The lowest BCUT2D eigenvalue weighted by molar-refractivity contribution is 0.102. The number of anilines is 3. The number of aromatic nitrogens is 3. The molecule has 0 aliphatic rings. The fraction of sp³-hybridized carbons (Fsp3) is 0.174. The van der Waals surface area contributed by atoms with Gasteiger partial charge in [0.15, 0.2) is 0 Å². The summed E-state index contributed by atoms with van der Waals surface area (Å²) >= 11 is 1.33. The lowest BCUT2D eigenvalue weighted by Gasteiger charge is -2.17. The molecule has 0 aliphatic heterocycles. The summed E-state index contributed by atoms with van der Waals surface area (Å²) in [6, 6.07) is 11.4. The number of hydrogen-bond donors (Lipinski definition) is 4. The number of nitrogens with one attached hydrogen (secondary N) is 3. The lowest BCUT2D eigenvalue weighted by Crippen LogP contribution is -2.16. The molecule has 4 aromatic rings. The Morgan fingerprint density at radius 1 is 1.16 bits per heavy atom. The van der Waals surface area contributed by atoms with Gasteiger partial charge in [0.2, 0.25) is 0 Å². The predicted molar refractivity (Wildman–Crippen MR) is 130 cm³/mol. The molecule has 8 nitrogen and oxygen atoms in total. The SMILES string of the molecule is CCC(=N)c1c(NCc2cccc(C)n2)cccc1NC(=O)c1csc2c(N)ncnc12. The largest absolute Gasteiger partial charge is 0.382 e. The number of nitrogens with zero attached hydrogens (tertiary/aromatic N) is 3. The van der Waals surface area contributed by atoms with E-state index in [2.05, 4.69) is 25.6 Å². The van der Waals surface area contributed by atoms with Crippen molar-refractivity contribution in [1.82, 2.24) is 15.0 Å². The van der Waals surface area contributed by atoms with Gasteiger partial charge in [-0.15, -0.1) is 11.3 Å². The highest BCUT2D eigenvalue weighted by molar-refractivity contribution is 7.18. The molecule has 0 aliphatic carbocycles. The Kier molecular flexibility index (Phi) is 6.09. The molecule has 0 saturated carbocycles. The van der Waals surface area contributed by atoms with Crippen molar-refractivity contribution in [1.29, 1.82) is 5.41 Å². The van der Waals surface area contributed by atoms with Crippen LogP contribution in [0.15, 0.2) is 48.1 Å². The number of benzene rings is 1. The van der Waals surface area contributed by atoms with Gasteiger partial charge in [-0.3, -0.25) is 9.78 Å². The van der Waals surface area contributed by atoms with E-state index in [9.17, 15) is 4.79 Å². The zero-order valence-electron chi connectivity index (χ0n) is 17.8. The molecular formula is C23H23N7OS. The van der Waals surface area contributed by atoms with Crippen LogP contribution in [-0.2, 0) is 6.54 Å². The zero-order chi connectivity index (χ0) is 22.7. The van der Waals surface area contributed by atoms with Gasteiger partial charge in [-0.1, -0.05) is 19.1 Å². The molecule has 162 valence electrons. The number of thiophene rings is 1. The van der Waals surface area contributed by atoms with E-state index >= 15 is 0 Å². The first-order valence-corrected chi connectivity index (χ1v) is 11.0. The molecule has 9 heteroatoms. The molecule has 0 fully saturated rings. The van der Waals surface area contributed by atoms with Crippen molar-refractivity contribution >= 4 is 50.4 Å². The van der Waals surface area contributed by atoms with Crippen LogP contribution in [0.4, 0.5) is 17.2 Å². The van der Waals surface area contributed by atoms with Crippen molar-refractivity contribution in [2.24, 2.45) is 0 Å². The summed E-state index contributed by atoms with van der Waals surface area (Å²) < 4.78 is 0.681. The normalized spacial score (nSPS) is 10.8. The van der Waals surface area contributed by atoms with Crippen LogP contribution in [0.25, 0.3) is 10.2 Å². The Morgan fingerprint density at radius 3 is 2.72 bits per heavy atom. The molecule has 0 radical (unpaired) electrons. The Bertz CT molecular complexity index is 1310. The second kappa shape index (κ2) is 9.11. The fourth-order valence-electron chi connectivity index (χ4n) is 3.41. The number of carbonyl (C=O) groups is 1. The van der Waals surface area contributed by atoms with Crippen LogP contribution in [-0.4, -0.2) is 26.6 Å². The molecule has 32 heavy (non-hydrogen) atoms. The molecule has 4 rings (SSSR count). The van der Waals surface area contributed by atoms with E-state index in [-0.39, 0.29) is 5.91 Å². The molecule has 5 N–H and O–H groups in total. The Morgan fingerprint density at radius 2 is 1.94 bits per heavy atom. The number of rotatable bonds is 7. The third-order valence-corrected chi connectivity index (χ3v) is 5.99. The van der Waals surface area contributed by atoms with Gasteiger partial charge in [-0.05, 0) is 37.6 Å². The summed E-state index contributed by atoms with van der Waals surface area (Å²) in [5, 5.41) is 16.6. The summed E-state index contributed by atoms with van der Waals surface area (Å²) in [7, 11) is 0. The van der Waals surface area contributed by atoms with Crippen molar-refractivity contribution in [2.45, 2.75) is 26.8 Å². The van der Waals surface area contributed by atoms with E-state index in [1.165, 1.54) is 17.7 Å². The molecule has 0 atom stereocenters. The van der Waals surface area contributed by atoms with E-state index < -0.39 is 0 Å². The number of aryl methyl sites for hydroxylation is 1. The summed E-state index contributed by atoms with van der Waals surface area (Å²) in [6.07, 6.45) is 1.87. The fourth-order valence-corrected chi connectivity index (χ4v) is 4.31. The smallest absolute Gasteiger partial charge is 0.258 e. The lowest BCUT2D eigenvalue weighted by atomic mass is 10.0. The molecule has 0 saturated heterocycles. The first kappa shape index (κ1) is 21.4. The van der Waals surface area contributed by atoms with Gasteiger partial charge in [0.1, 0.15) is 12.1 Å². The minimum absolute atomic E-state index is 0.308. The minimum atomic E-state index is -0.308. The Balaban J connectivity index is 1.64. The number of carbonyl (C=O) groups excluding carboxylic acids is 1. The molecule has 3 heterocycles. The molecule has 0 spiro atoms. The second-order valence-corrected chi connectivity index (χ2v) is 8.10. The van der Waals surface area contributed by atoms with E-state index in [1.807, 2.05) is 44.2 Å². The number of hydrogen-bond acceptors (Lipinski definition) is 8. The van der Waals surface area contributed by atoms with Gasteiger partial charge >= 0.3 is 0 Å². The Hall–Kier alpha value is -3.85. The van der Waals surface area contributed by atoms with Gasteiger partial charge in [0.05, 0.1) is 33.7 Å². The summed E-state index contributed by atoms with van der Waals surface area (Å²) in [5.74, 6) is 0.0421. The van der Waals surface area contributed by atoms with Gasteiger partial charge in [-0.2, -0.15) is 0 Å². The highest BCUT2D eigenvalue weighted by atomic mass is 32.1. The Labute approximate surface area is 189 Å². The third kappa shape index (κ3) is 4.28. The van der Waals surface area contributed by atoms with Crippen LogP contribution in [0.5, 0.6) is 0 Å². The highest BCUT2D eigenvalue weighted by Gasteiger charge is 2.19. The monoisotopic (exact) mass is 445 g/mol. The maximum Gasteiger partial charge on any atom is 0.258 e. The van der Waals surface area contributed by atoms with E-state index in [4.69, 9.17) is 11.1 Å². The average molecular weight is 446 g/mol. The van der Waals surface area contributed by atoms with E-state index in [1.54, 1.807) is 11.4 Å². The van der Waals surface area contributed by atoms with Crippen LogP contribution in [0.2, 0.25) is 0 Å². The molecule has 1 amide bonds. The number of nitrogens with two attached hydrogens (primary N) is 1. The predicted octanol–water partition coefficient (Wildman–Crippen LogP) is 4.62. The third-order valence-electron chi connectivity index (χ3n) is 5.00. The van der Waals surface area contributed by atoms with Gasteiger partial charge < -0.3 is 21.8 Å². The molecule has 1 aromatic carbocycles. The summed E-state index contributed by atoms with van der Waals surface area (Å²) in [6.45, 7) is 4.37. The summed E-state index contributed by atoms with van der Waals surface area (Å²) in [4.78, 5) is 25.8. The van der Waals surface area contributed by atoms with Crippen molar-refractivity contribution < 1.29 is 4.79 Å². The number of nitrogen functional groups attached to an aromatic ring is 1. The molecule has 0 unspecified atom stereocenters. The van der Waals surface area contributed by atoms with Crippen LogP contribution in [0.3, 0.4) is 0 Å². The number of amides is 1. The zero-order valence-corrected chi connectivity index (χ0v) is 18.6. The van der Waals surface area contributed by atoms with Crippen LogP contribution < -0.4 is 16.4 Å². The minimum Gasteiger partial charge on any atom is -0.382 e.